The molecule has 0 radical (unpaired) electrons. The average Bonchev–Trinajstić information content (AvgIpc) is 3.13. The lowest BCUT2D eigenvalue weighted by atomic mass is 9.87. The molecule has 2 fully saturated rings. The van der Waals surface area contributed by atoms with Gasteiger partial charge in [-0.15, -0.1) is 0 Å². The Morgan fingerprint density at radius 2 is 2.04 bits per heavy atom. The summed E-state index contributed by atoms with van der Waals surface area (Å²) in [5, 5.41) is 3.08. The van der Waals surface area contributed by atoms with E-state index in [1.165, 1.54) is 5.56 Å². The molecule has 1 amide bonds. The first-order valence-electron chi connectivity index (χ1n) is 9.87. The fourth-order valence-corrected chi connectivity index (χ4v) is 4.15. The second kappa shape index (κ2) is 8.29. The van der Waals surface area contributed by atoms with Crippen LogP contribution in [0, 0.1) is 0 Å². The van der Waals surface area contributed by atoms with Gasteiger partial charge in [-0.3, -0.25) is 14.7 Å². The number of piperidine rings is 1. The third-order valence-electron chi connectivity index (χ3n) is 5.77. The van der Waals surface area contributed by atoms with Crippen LogP contribution in [0.2, 0.25) is 0 Å². The van der Waals surface area contributed by atoms with Crippen molar-refractivity contribution in [2.45, 2.75) is 37.5 Å². The number of pyridine rings is 1. The number of hydrogen-bond acceptors (Lipinski definition) is 5. The van der Waals surface area contributed by atoms with E-state index in [1.54, 1.807) is 19.4 Å². The first-order valence-corrected chi connectivity index (χ1v) is 9.87. The zero-order valence-corrected chi connectivity index (χ0v) is 16.3. The van der Waals surface area contributed by atoms with Crippen molar-refractivity contribution in [2.24, 2.45) is 0 Å². The van der Waals surface area contributed by atoms with Gasteiger partial charge in [-0.1, -0.05) is 18.2 Å². The largest absolute Gasteiger partial charge is 0.497 e. The summed E-state index contributed by atoms with van der Waals surface area (Å²) in [5.74, 6) is 0.766. The maximum absolute atomic E-state index is 12.3. The normalized spacial score (nSPS) is 21.5. The van der Waals surface area contributed by atoms with Crippen LogP contribution in [0.1, 0.15) is 35.3 Å². The number of ether oxygens (including phenoxy) is 2. The molecular formula is C22H27N3O3. The molecule has 4 rings (SSSR count). The number of hydrogen-bond donors (Lipinski definition) is 1. The molecule has 1 unspecified atom stereocenters. The molecule has 2 aliphatic heterocycles. The zero-order valence-electron chi connectivity index (χ0n) is 16.3. The molecule has 2 aliphatic rings. The van der Waals surface area contributed by atoms with Crippen molar-refractivity contribution in [1.82, 2.24) is 15.2 Å². The van der Waals surface area contributed by atoms with Gasteiger partial charge in [-0.25, -0.2) is 0 Å². The molecule has 6 nitrogen and oxygen atoms in total. The number of aromatic nitrogens is 1. The summed E-state index contributed by atoms with van der Waals surface area (Å²) >= 11 is 0. The Hall–Kier alpha value is -2.44. The van der Waals surface area contributed by atoms with E-state index < -0.39 is 0 Å². The monoisotopic (exact) mass is 381 g/mol. The number of methoxy groups -OCH3 is 1. The summed E-state index contributed by atoms with van der Waals surface area (Å²) in [6, 6.07) is 13.7. The summed E-state index contributed by atoms with van der Waals surface area (Å²) in [6.45, 7) is 3.54. The molecule has 1 atom stereocenters. The van der Waals surface area contributed by atoms with Gasteiger partial charge in [-0.05, 0) is 49.1 Å². The number of carbonyl (C=O) groups is 1. The SMILES string of the molecule is COc1ccc(CN2CCC3(CC2)CC(NC(=O)c2ccccn2)CO3)cc1. The van der Waals surface area contributed by atoms with Crippen LogP contribution in [0.3, 0.4) is 0 Å². The molecular weight excluding hydrogens is 354 g/mol. The Morgan fingerprint density at radius 3 is 2.71 bits per heavy atom. The van der Waals surface area contributed by atoms with Crippen molar-refractivity contribution < 1.29 is 14.3 Å². The Bertz CT molecular complexity index is 786. The zero-order chi connectivity index (χ0) is 19.4. The predicted molar refractivity (Wildman–Crippen MR) is 106 cm³/mol. The molecule has 0 saturated carbocycles. The molecule has 6 heteroatoms. The summed E-state index contributed by atoms with van der Waals surface area (Å²) in [6.07, 6.45) is 4.51. The lowest BCUT2D eigenvalue weighted by Crippen LogP contribution is -2.44. The van der Waals surface area contributed by atoms with Crippen molar-refractivity contribution in [3.63, 3.8) is 0 Å². The number of amides is 1. The molecule has 3 heterocycles. The lowest BCUT2D eigenvalue weighted by molar-refractivity contribution is -0.0449. The van der Waals surface area contributed by atoms with Crippen LogP contribution in [-0.4, -0.2) is 54.2 Å². The first-order chi connectivity index (χ1) is 13.7. The molecule has 1 N–H and O–H groups in total. The minimum Gasteiger partial charge on any atom is -0.497 e. The fourth-order valence-electron chi connectivity index (χ4n) is 4.15. The van der Waals surface area contributed by atoms with Crippen molar-refractivity contribution in [2.75, 3.05) is 26.8 Å². The van der Waals surface area contributed by atoms with Gasteiger partial charge in [0.2, 0.25) is 0 Å². The maximum atomic E-state index is 12.3. The van der Waals surface area contributed by atoms with E-state index >= 15 is 0 Å². The Balaban J connectivity index is 1.27. The summed E-state index contributed by atoms with van der Waals surface area (Å²) in [5.41, 5.74) is 1.65. The number of likely N-dealkylation sites (tertiary alicyclic amines) is 1. The van der Waals surface area contributed by atoms with Gasteiger partial charge >= 0.3 is 0 Å². The number of rotatable bonds is 5. The van der Waals surface area contributed by atoms with Crippen molar-refractivity contribution in [3.8, 4) is 5.75 Å². The number of carbonyl (C=O) groups excluding carboxylic acids is 1. The Kier molecular flexibility index (Phi) is 5.59. The van der Waals surface area contributed by atoms with Crippen LogP contribution in [-0.2, 0) is 11.3 Å². The molecule has 1 spiro atoms. The van der Waals surface area contributed by atoms with E-state index in [9.17, 15) is 4.79 Å². The number of nitrogens with zero attached hydrogens (tertiary/aromatic N) is 2. The molecule has 0 bridgehead atoms. The van der Waals surface area contributed by atoms with E-state index in [4.69, 9.17) is 9.47 Å². The summed E-state index contributed by atoms with van der Waals surface area (Å²) in [4.78, 5) is 18.9. The van der Waals surface area contributed by atoms with Crippen LogP contribution < -0.4 is 10.1 Å². The molecule has 1 aromatic heterocycles. The predicted octanol–water partition coefficient (Wildman–Crippen LogP) is 2.64. The highest BCUT2D eigenvalue weighted by molar-refractivity contribution is 5.92. The second-order valence-electron chi connectivity index (χ2n) is 7.71. The standard InChI is InChI=1S/C22H27N3O3/c1-27-19-7-5-17(6-8-19)15-25-12-9-22(10-13-25)14-18(16-28-22)24-21(26)20-4-2-3-11-23-20/h2-8,11,18H,9-10,12-16H2,1H3,(H,24,26). The van der Waals surface area contributed by atoms with Crippen molar-refractivity contribution in [1.29, 1.82) is 0 Å². The Labute approximate surface area is 165 Å². The van der Waals surface area contributed by atoms with E-state index in [0.29, 0.717) is 12.3 Å². The molecule has 2 saturated heterocycles. The van der Waals surface area contributed by atoms with Crippen LogP contribution in [0.5, 0.6) is 5.75 Å². The van der Waals surface area contributed by atoms with Crippen molar-refractivity contribution in [3.05, 3.63) is 59.9 Å². The number of nitrogens with one attached hydrogen (secondary N) is 1. The first kappa shape index (κ1) is 18.9. The van der Waals surface area contributed by atoms with Gasteiger partial charge in [-0.2, -0.15) is 0 Å². The molecule has 1 aromatic carbocycles. The quantitative estimate of drug-likeness (QED) is 0.863. The molecule has 0 aliphatic carbocycles. The molecule has 148 valence electrons. The topological polar surface area (TPSA) is 63.7 Å². The van der Waals surface area contributed by atoms with Gasteiger partial charge < -0.3 is 14.8 Å². The highest BCUT2D eigenvalue weighted by Crippen LogP contribution is 2.36. The van der Waals surface area contributed by atoms with Gasteiger partial charge in [0.05, 0.1) is 25.4 Å². The smallest absolute Gasteiger partial charge is 0.270 e. The fraction of sp³-hybridized carbons (Fsp3) is 0.455. The van der Waals surface area contributed by atoms with Crippen LogP contribution in [0.15, 0.2) is 48.7 Å². The Morgan fingerprint density at radius 1 is 1.25 bits per heavy atom. The minimum absolute atomic E-state index is 0.0580. The second-order valence-corrected chi connectivity index (χ2v) is 7.71. The maximum Gasteiger partial charge on any atom is 0.270 e. The third kappa shape index (κ3) is 4.34. The number of benzene rings is 1. The van der Waals surface area contributed by atoms with Gasteiger partial charge in [0.15, 0.2) is 0 Å². The van der Waals surface area contributed by atoms with Crippen LogP contribution in [0.4, 0.5) is 0 Å². The van der Waals surface area contributed by atoms with Crippen molar-refractivity contribution >= 4 is 5.91 Å². The third-order valence-corrected chi connectivity index (χ3v) is 5.77. The summed E-state index contributed by atoms with van der Waals surface area (Å²) < 4.78 is 11.4. The minimum atomic E-state index is -0.122. The molecule has 28 heavy (non-hydrogen) atoms. The summed E-state index contributed by atoms with van der Waals surface area (Å²) in [7, 11) is 1.69. The van der Waals surface area contributed by atoms with E-state index in [1.807, 2.05) is 24.3 Å². The van der Waals surface area contributed by atoms with Crippen LogP contribution in [0.25, 0.3) is 0 Å². The van der Waals surface area contributed by atoms with Gasteiger partial charge in [0.1, 0.15) is 11.4 Å². The van der Waals surface area contributed by atoms with E-state index in [-0.39, 0.29) is 17.6 Å². The van der Waals surface area contributed by atoms with Gasteiger partial charge in [0, 0.05) is 25.8 Å². The average molecular weight is 381 g/mol. The lowest BCUT2D eigenvalue weighted by Gasteiger charge is -2.38. The highest BCUT2D eigenvalue weighted by atomic mass is 16.5. The molecule has 2 aromatic rings. The van der Waals surface area contributed by atoms with E-state index in [2.05, 4.69) is 27.3 Å². The van der Waals surface area contributed by atoms with Crippen LogP contribution >= 0.6 is 0 Å². The van der Waals surface area contributed by atoms with Gasteiger partial charge in [0.25, 0.3) is 5.91 Å². The van der Waals surface area contributed by atoms with E-state index in [0.717, 1.165) is 44.6 Å². The highest BCUT2D eigenvalue weighted by Gasteiger charge is 2.43.